The third kappa shape index (κ3) is 2.56. The van der Waals surface area contributed by atoms with Crippen LogP contribution in [0.4, 0.5) is 0 Å². The van der Waals surface area contributed by atoms with Gasteiger partial charge < -0.3 is 4.74 Å². The Morgan fingerprint density at radius 2 is 1.52 bits per heavy atom. The fourth-order valence-electron chi connectivity index (χ4n) is 3.21. The van der Waals surface area contributed by atoms with Crippen molar-refractivity contribution in [3.63, 3.8) is 0 Å². The van der Waals surface area contributed by atoms with E-state index < -0.39 is 11.0 Å². The second-order valence-electron chi connectivity index (χ2n) is 7.15. The molecule has 0 fully saturated rings. The molecule has 3 rings (SSSR count). The van der Waals surface area contributed by atoms with E-state index in [0.717, 1.165) is 24.0 Å². The Morgan fingerprint density at radius 1 is 1.04 bits per heavy atom. The van der Waals surface area contributed by atoms with Gasteiger partial charge in [-0.1, -0.05) is 55.5 Å². The monoisotopic (exact) mass is 308 g/mol. The molecule has 2 nitrogen and oxygen atoms in total. The van der Waals surface area contributed by atoms with Gasteiger partial charge >= 0.3 is 5.97 Å². The third-order valence-corrected chi connectivity index (χ3v) is 5.18. The van der Waals surface area contributed by atoms with Gasteiger partial charge in [-0.15, -0.1) is 0 Å². The number of ether oxygens (including phenoxy) is 1. The highest BCUT2D eigenvalue weighted by molar-refractivity contribution is 5.77. The second-order valence-corrected chi connectivity index (χ2v) is 7.15. The zero-order chi connectivity index (χ0) is 16.7. The van der Waals surface area contributed by atoms with Crippen LogP contribution < -0.4 is 0 Å². The van der Waals surface area contributed by atoms with E-state index in [1.807, 2.05) is 52.0 Å². The molecule has 0 spiro atoms. The summed E-state index contributed by atoms with van der Waals surface area (Å²) in [6, 6.07) is 16.5. The highest BCUT2D eigenvalue weighted by atomic mass is 16.6. The molecular weight excluding hydrogens is 284 g/mol. The Labute approximate surface area is 138 Å². The molecule has 0 amide bonds. The highest BCUT2D eigenvalue weighted by Gasteiger charge is 2.42. The van der Waals surface area contributed by atoms with E-state index in [1.54, 1.807) is 0 Å². The van der Waals surface area contributed by atoms with Gasteiger partial charge in [0.1, 0.15) is 0 Å². The van der Waals surface area contributed by atoms with E-state index in [2.05, 4.69) is 24.3 Å². The van der Waals surface area contributed by atoms with Gasteiger partial charge in [0.2, 0.25) is 0 Å². The second kappa shape index (κ2) is 5.52. The fourth-order valence-corrected chi connectivity index (χ4v) is 3.21. The summed E-state index contributed by atoms with van der Waals surface area (Å²) in [6.45, 7) is 7.93. The van der Waals surface area contributed by atoms with Crippen LogP contribution in [-0.4, -0.2) is 5.97 Å². The molecule has 0 radical (unpaired) electrons. The smallest absolute Gasteiger partial charge is 0.312 e. The summed E-state index contributed by atoms with van der Waals surface area (Å²) >= 11 is 0. The predicted octanol–water partition coefficient (Wildman–Crippen LogP) is 4.83. The number of carbonyl (C=O) groups is 1. The molecule has 0 aliphatic heterocycles. The Morgan fingerprint density at radius 3 is 2.00 bits per heavy atom. The largest absolute Gasteiger partial charge is 0.449 e. The summed E-state index contributed by atoms with van der Waals surface area (Å²) in [4.78, 5) is 12.8. The number of rotatable bonds is 3. The molecule has 0 atom stereocenters. The third-order valence-electron chi connectivity index (χ3n) is 5.18. The van der Waals surface area contributed by atoms with Crippen molar-refractivity contribution in [3.8, 4) is 0 Å². The van der Waals surface area contributed by atoms with E-state index in [1.165, 1.54) is 11.1 Å². The summed E-state index contributed by atoms with van der Waals surface area (Å²) in [5.41, 5.74) is 3.45. The Bertz CT molecular complexity index is 698. The van der Waals surface area contributed by atoms with E-state index in [-0.39, 0.29) is 5.97 Å². The lowest BCUT2D eigenvalue weighted by atomic mass is 9.75. The standard InChI is InChI=1S/C21H24O2/c1-5-20(2,3)19(22)23-21(4)17-12-8-6-10-15(17)14-16-11-7-9-13-18(16)21/h6-13H,5,14H2,1-4H3. The maximum atomic E-state index is 12.8. The number of hydrogen-bond acceptors (Lipinski definition) is 2. The molecule has 23 heavy (non-hydrogen) atoms. The molecule has 0 saturated carbocycles. The first-order valence-electron chi connectivity index (χ1n) is 8.28. The maximum Gasteiger partial charge on any atom is 0.312 e. The Balaban J connectivity index is 2.12. The van der Waals surface area contributed by atoms with E-state index in [0.29, 0.717) is 0 Å². The summed E-state index contributed by atoms with van der Waals surface area (Å²) in [5.74, 6) is -0.144. The lowest BCUT2D eigenvalue weighted by Gasteiger charge is -2.39. The molecule has 0 heterocycles. The van der Waals surface area contributed by atoms with Crippen molar-refractivity contribution in [3.05, 3.63) is 70.8 Å². The van der Waals surface area contributed by atoms with Crippen LogP contribution >= 0.6 is 0 Å². The van der Waals surface area contributed by atoms with Crippen molar-refractivity contribution in [2.24, 2.45) is 5.41 Å². The molecule has 0 saturated heterocycles. The van der Waals surface area contributed by atoms with Crippen LogP contribution in [0.25, 0.3) is 0 Å². The van der Waals surface area contributed by atoms with Gasteiger partial charge in [-0.25, -0.2) is 0 Å². The maximum absolute atomic E-state index is 12.8. The lowest BCUT2D eigenvalue weighted by Crippen LogP contribution is -2.39. The molecule has 1 aliphatic carbocycles. The summed E-state index contributed by atoms with van der Waals surface area (Å²) in [5, 5.41) is 0. The molecule has 0 bridgehead atoms. The van der Waals surface area contributed by atoms with Gasteiger partial charge in [-0.05, 0) is 44.7 Å². The van der Waals surface area contributed by atoms with Crippen molar-refractivity contribution in [2.45, 2.75) is 46.1 Å². The summed E-state index contributed by atoms with van der Waals surface area (Å²) < 4.78 is 6.15. The van der Waals surface area contributed by atoms with Gasteiger partial charge in [0, 0.05) is 11.1 Å². The SMILES string of the molecule is CCC(C)(C)C(=O)OC1(C)c2ccccc2Cc2ccccc21. The van der Waals surface area contributed by atoms with Crippen LogP contribution in [0.2, 0.25) is 0 Å². The minimum absolute atomic E-state index is 0.144. The van der Waals surface area contributed by atoms with E-state index in [9.17, 15) is 4.79 Å². The van der Waals surface area contributed by atoms with Crippen molar-refractivity contribution in [2.75, 3.05) is 0 Å². The minimum atomic E-state index is -0.727. The highest BCUT2D eigenvalue weighted by Crippen LogP contribution is 2.43. The van der Waals surface area contributed by atoms with Gasteiger partial charge in [-0.2, -0.15) is 0 Å². The Hall–Kier alpha value is -2.09. The van der Waals surface area contributed by atoms with Crippen molar-refractivity contribution >= 4 is 5.97 Å². The van der Waals surface area contributed by atoms with Crippen LogP contribution in [-0.2, 0) is 21.6 Å². The quantitative estimate of drug-likeness (QED) is 0.759. The van der Waals surface area contributed by atoms with Gasteiger partial charge in [-0.3, -0.25) is 4.79 Å². The first kappa shape index (κ1) is 15.8. The summed E-state index contributed by atoms with van der Waals surface area (Å²) in [7, 11) is 0. The first-order valence-corrected chi connectivity index (χ1v) is 8.28. The normalized spacial score (nSPS) is 15.5. The number of carbonyl (C=O) groups excluding carboxylic acids is 1. The number of fused-ring (bicyclic) bond motifs is 2. The van der Waals surface area contributed by atoms with Crippen molar-refractivity contribution in [1.29, 1.82) is 0 Å². The summed E-state index contributed by atoms with van der Waals surface area (Å²) in [6.07, 6.45) is 1.64. The van der Waals surface area contributed by atoms with Crippen LogP contribution in [0.1, 0.15) is 56.4 Å². The number of hydrogen-bond donors (Lipinski definition) is 0. The molecule has 1 aliphatic rings. The zero-order valence-corrected chi connectivity index (χ0v) is 14.3. The molecule has 2 aromatic rings. The van der Waals surface area contributed by atoms with Crippen LogP contribution in [0.3, 0.4) is 0 Å². The number of esters is 1. The topological polar surface area (TPSA) is 26.3 Å². The first-order chi connectivity index (χ1) is 10.9. The van der Waals surface area contributed by atoms with E-state index >= 15 is 0 Å². The van der Waals surface area contributed by atoms with Crippen LogP contribution in [0, 0.1) is 5.41 Å². The van der Waals surface area contributed by atoms with Crippen molar-refractivity contribution < 1.29 is 9.53 Å². The molecule has 120 valence electrons. The molecule has 0 unspecified atom stereocenters. The molecular formula is C21H24O2. The van der Waals surface area contributed by atoms with Gasteiger partial charge in [0.05, 0.1) is 5.41 Å². The van der Waals surface area contributed by atoms with Gasteiger partial charge in [0.25, 0.3) is 0 Å². The Kier molecular flexibility index (Phi) is 3.79. The van der Waals surface area contributed by atoms with Crippen LogP contribution in [0.15, 0.2) is 48.5 Å². The molecule has 0 N–H and O–H groups in total. The minimum Gasteiger partial charge on any atom is -0.449 e. The van der Waals surface area contributed by atoms with Crippen LogP contribution in [0.5, 0.6) is 0 Å². The van der Waals surface area contributed by atoms with Gasteiger partial charge in [0.15, 0.2) is 5.60 Å². The average Bonchev–Trinajstić information content (AvgIpc) is 2.55. The average molecular weight is 308 g/mol. The molecule has 0 aromatic heterocycles. The zero-order valence-electron chi connectivity index (χ0n) is 14.3. The molecule has 2 heteroatoms. The van der Waals surface area contributed by atoms with E-state index in [4.69, 9.17) is 4.74 Å². The fraction of sp³-hybridized carbons (Fsp3) is 0.381. The lowest BCUT2D eigenvalue weighted by molar-refractivity contribution is -0.166. The molecule has 2 aromatic carbocycles. The number of benzene rings is 2. The van der Waals surface area contributed by atoms with Crippen molar-refractivity contribution in [1.82, 2.24) is 0 Å². The predicted molar refractivity (Wildman–Crippen MR) is 92.3 cm³/mol.